The Balaban J connectivity index is 1.57. The Hall–Kier alpha value is -3.68. The summed E-state index contributed by atoms with van der Waals surface area (Å²) in [5.41, 5.74) is 2.86. The average Bonchev–Trinajstić information content (AvgIpc) is 2.78. The maximum absolute atomic E-state index is 12.6. The SMILES string of the molecule is COC(=O)[C@@H](Cc1ccc(C)cc1)NC(=O)C[C@@H]1NC(=O)[C@H](Cc2ccccc2)NC1=O. The highest BCUT2D eigenvalue weighted by atomic mass is 16.5. The molecule has 1 saturated heterocycles. The van der Waals surface area contributed by atoms with Gasteiger partial charge in [-0.15, -0.1) is 0 Å². The Labute approximate surface area is 186 Å². The largest absolute Gasteiger partial charge is 0.467 e. The maximum Gasteiger partial charge on any atom is 0.328 e. The second-order valence-electron chi connectivity index (χ2n) is 7.85. The molecule has 32 heavy (non-hydrogen) atoms. The molecule has 8 heteroatoms. The van der Waals surface area contributed by atoms with Crippen LogP contribution in [-0.4, -0.2) is 48.9 Å². The Morgan fingerprint density at radius 3 is 2.22 bits per heavy atom. The van der Waals surface area contributed by atoms with E-state index in [1.807, 2.05) is 61.5 Å². The highest BCUT2D eigenvalue weighted by Gasteiger charge is 2.35. The first kappa shape index (κ1) is 23.0. The monoisotopic (exact) mass is 437 g/mol. The van der Waals surface area contributed by atoms with Crippen LogP contribution in [-0.2, 0) is 36.8 Å². The van der Waals surface area contributed by atoms with Crippen LogP contribution in [0, 0.1) is 6.92 Å². The van der Waals surface area contributed by atoms with Gasteiger partial charge in [0.2, 0.25) is 17.7 Å². The van der Waals surface area contributed by atoms with E-state index in [0.717, 1.165) is 16.7 Å². The zero-order valence-electron chi connectivity index (χ0n) is 18.1. The molecular weight excluding hydrogens is 410 g/mol. The van der Waals surface area contributed by atoms with Crippen LogP contribution in [0.2, 0.25) is 0 Å². The number of methoxy groups -OCH3 is 1. The first-order valence-corrected chi connectivity index (χ1v) is 10.4. The molecule has 3 rings (SSSR count). The number of ether oxygens (including phenoxy) is 1. The van der Waals surface area contributed by atoms with Crippen molar-refractivity contribution in [3.05, 3.63) is 71.3 Å². The normalized spacial score (nSPS) is 18.8. The minimum atomic E-state index is -1.01. The van der Waals surface area contributed by atoms with E-state index in [9.17, 15) is 19.2 Å². The minimum Gasteiger partial charge on any atom is -0.467 e. The molecule has 0 saturated carbocycles. The second-order valence-corrected chi connectivity index (χ2v) is 7.85. The van der Waals surface area contributed by atoms with E-state index in [4.69, 9.17) is 4.74 Å². The molecule has 0 aromatic heterocycles. The van der Waals surface area contributed by atoms with Crippen molar-refractivity contribution in [2.75, 3.05) is 7.11 Å². The quantitative estimate of drug-likeness (QED) is 0.529. The molecule has 0 aliphatic carbocycles. The molecule has 0 bridgehead atoms. The number of amides is 3. The Morgan fingerprint density at radius 2 is 1.56 bits per heavy atom. The molecule has 1 fully saturated rings. The lowest BCUT2D eigenvalue weighted by Gasteiger charge is -2.29. The van der Waals surface area contributed by atoms with E-state index in [2.05, 4.69) is 16.0 Å². The first-order valence-electron chi connectivity index (χ1n) is 10.4. The van der Waals surface area contributed by atoms with Crippen LogP contribution in [0.25, 0.3) is 0 Å². The lowest BCUT2D eigenvalue weighted by Crippen LogP contribution is -2.63. The van der Waals surface area contributed by atoms with Gasteiger partial charge in [-0.1, -0.05) is 60.2 Å². The highest BCUT2D eigenvalue weighted by Crippen LogP contribution is 2.10. The number of hydrogen-bond donors (Lipinski definition) is 3. The van der Waals surface area contributed by atoms with Crippen LogP contribution in [0.4, 0.5) is 0 Å². The van der Waals surface area contributed by atoms with E-state index < -0.39 is 35.9 Å². The summed E-state index contributed by atoms with van der Waals surface area (Å²) in [6.45, 7) is 1.96. The summed E-state index contributed by atoms with van der Waals surface area (Å²) in [5.74, 6) is -1.90. The van der Waals surface area contributed by atoms with Crippen LogP contribution in [0.5, 0.6) is 0 Å². The molecule has 3 N–H and O–H groups in total. The number of esters is 1. The number of nitrogens with one attached hydrogen (secondary N) is 3. The molecule has 168 valence electrons. The summed E-state index contributed by atoms with van der Waals surface area (Å²) in [6, 6.07) is 14.3. The summed E-state index contributed by atoms with van der Waals surface area (Å²) in [6.07, 6.45) is 0.330. The molecule has 1 heterocycles. The Morgan fingerprint density at radius 1 is 0.938 bits per heavy atom. The van der Waals surface area contributed by atoms with Gasteiger partial charge in [0.1, 0.15) is 18.1 Å². The van der Waals surface area contributed by atoms with Crippen molar-refractivity contribution in [1.82, 2.24) is 16.0 Å². The molecule has 3 atom stereocenters. The van der Waals surface area contributed by atoms with Gasteiger partial charge in [-0.2, -0.15) is 0 Å². The number of rotatable bonds is 8. The van der Waals surface area contributed by atoms with Gasteiger partial charge in [-0.25, -0.2) is 4.79 Å². The summed E-state index contributed by atoms with van der Waals surface area (Å²) in [7, 11) is 1.25. The zero-order valence-corrected chi connectivity index (χ0v) is 18.1. The fourth-order valence-electron chi connectivity index (χ4n) is 3.55. The van der Waals surface area contributed by atoms with Crippen molar-refractivity contribution in [1.29, 1.82) is 0 Å². The lowest BCUT2D eigenvalue weighted by molar-refractivity contribution is -0.145. The van der Waals surface area contributed by atoms with Gasteiger partial charge in [0, 0.05) is 12.8 Å². The van der Waals surface area contributed by atoms with Crippen molar-refractivity contribution in [2.45, 2.75) is 44.3 Å². The predicted octanol–water partition coefficient (Wildman–Crippen LogP) is 0.811. The number of carbonyl (C=O) groups is 4. The summed E-state index contributed by atoms with van der Waals surface area (Å²) < 4.78 is 4.81. The van der Waals surface area contributed by atoms with Crippen molar-refractivity contribution in [3.63, 3.8) is 0 Å². The van der Waals surface area contributed by atoms with Gasteiger partial charge in [0.05, 0.1) is 13.5 Å². The minimum absolute atomic E-state index is 0.251. The number of carbonyl (C=O) groups excluding carboxylic acids is 4. The van der Waals surface area contributed by atoms with Crippen molar-refractivity contribution < 1.29 is 23.9 Å². The predicted molar refractivity (Wildman–Crippen MR) is 117 cm³/mol. The van der Waals surface area contributed by atoms with Crippen LogP contribution < -0.4 is 16.0 Å². The second kappa shape index (κ2) is 10.6. The van der Waals surface area contributed by atoms with Crippen molar-refractivity contribution >= 4 is 23.7 Å². The fourth-order valence-corrected chi connectivity index (χ4v) is 3.55. The van der Waals surface area contributed by atoms with E-state index >= 15 is 0 Å². The van der Waals surface area contributed by atoms with Crippen molar-refractivity contribution in [2.24, 2.45) is 0 Å². The summed E-state index contributed by atoms with van der Waals surface area (Å²) in [5, 5.41) is 7.91. The topological polar surface area (TPSA) is 114 Å². The van der Waals surface area contributed by atoms with E-state index in [0.29, 0.717) is 6.42 Å². The number of benzene rings is 2. The molecule has 0 radical (unpaired) electrons. The van der Waals surface area contributed by atoms with Crippen LogP contribution >= 0.6 is 0 Å². The van der Waals surface area contributed by atoms with Gasteiger partial charge in [-0.05, 0) is 18.1 Å². The third-order valence-corrected chi connectivity index (χ3v) is 5.32. The van der Waals surface area contributed by atoms with Gasteiger partial charge in [-0.3, -0.25) is 14.4 Å². The number of aryl methyl sites for hydroxylation is 1. The molecular formula is C24H27N3O5. The third kappa shape index (κ3) is 6.16. The Bertz CT molecular complexity index is 975. The molecule has 0 unspecified atom stereocenters. The van der Waals surface area contributed by atoms with Crippen molar-refractivity contribution in [3.8, 4) is 0 Å². The summed E-state index contributed by atoms with van der Waals surface area (Å²) in [4.78, 5) is 49.6. The average molecular weight is 437 g/mol. The zero-order chi connectivity index (χ0) is 23.1. The Kier molecular flexibility index (Phi) is 7.59. The maximum atomic E-state index is 12.6. The third-order valence-electron chi connectivity index (χ3n) is 5.32. The van der Waals surface area contributed by atoms with Gasteiger partial charge >= 0.3 is 5.97 Å². The number of hydrogen-bond acceptors (Lipinski definition) is 5. The smallest absolute Gasteiger partial charge is 0.328 e. The van der Waals surface area contributed by atoms with Crippen LogP contribution in [0.15, 0.2) is 54.6 Å². The van der Waals surface area contributed by atoms with Gasteiger partial charge in [0.25, 0.3) is 0 Å². The molecule has 8 nitrogen and oxygen atoms in total. The molecule has 1 aliphatic rings. The highest BCUT2D eigenvalue weighted by molar-refractivity contribution is 5.99. The van der Waals surface area contributed by atoms with Crippen LogP contribution in [0.3, 0.4) is 0 Å². The molecule has 2 aromatic rings. The molecule has 3 amide bonds. The van der Waals surface area contributed by atoms with Crippen LogP contribution in [0.1, 0.15) is 23.1 Å². The van der Waals surface area contributed by atoms with E-state index in [1.165, 1.54) is 7.11 Å². The van der Waals surface area contributed by atoms with Gasteiger partial charge < -0.3 is 20.7 Å². The molecule has 2 aromatic carbocycles. The van der Waals surface area contributed by atoms with Gasteiger partial charge in [0.15, 0.2) is 0 Å². The fraction of sp³-hybridized carbons (Fsp3) is 0.333. The molecule has 0 spiro atoms. The first-order chi connectivity index (χ1) is 15.4. The number of piperazine rings is 1. The standard InChI is InChI=1S/C24H27N3O5/c1-15-8-10-17(11-9-15)13-20(24(31)32-2)25-21(28)14-19-23(30)26-18(22(29)27-19)12-16-6-4-3-5-7-16/h3-11,18-20H,12-14H2,1-2H3,(H,25,28)(H,26,30)(H,27,29)/t18-,19-,20+/m0/s1. The van der Waals surface area contributed by atoms with E-state index in [-0.39, 0.29) is 18.7 Å². The van der Waals surface area contributed by atoms with E-state index in [1.54, 1.807) is 0 Å². The summed E-state index contributed by atoms with van der Waals surface area (Å²) >= 11 is 0. The lowest BCUT2D eigenvalue weighted by atomic mass is 10.0. The molecule has 1 aliphatic heterocycles.